The summed E-state index contributed by atoms with van der Waals surface area (Å²) in [7, 11) is -1.69. The van der Waals surface area contributed by atoms with Gasteiger partial charge in [0.05, 0.1) is 23.1 Å². The monoisotopic (exact) mass is 493 g/mol. The number of benzene rings is 2. The van der Waals surface area contributed by atoms with Gasteiger partial charge >= 0.3 is 0 Å². The van der Waals surface area contributed by atoms with Crippen molar-refractivity contribution < 1.29 is 18.0 Å². The summed E-state index contributed by atoms with van der Waals surface area (Å²) in [5.74, 6) is -0.491. The third-order valence-corrected chi connectivity index (χ3v) is 7.35. The minimum absolute atomic E-state index is 0.116. The Morgan fingerprint density at radius 3 is 2.20 bits per heavy atom. The Balaban J connectivity index is 1.72. The summed E-state index contributed by atoms with van der Waals surface area (Å²) in [6, 6.07) is 13.9. The first-order chi connectivity index (χ1) is 14.2. The topological polar surface area (TPSA) is 86.8 Å². The maximum Gasteiger partial charge on any atom is 0.256 e. The number of carbonyl (C=O) groups is 2. The maximum absolute atomic E-state index is 13.1. The second-order valence-corrected chi connectivity index (χ2v) is 10.2. The van der Waals surface area contributed by atoms with Crippen LogP contribution in [0.3, 0.4) is 0 Å². The van der Waals surface area contributed by atoms with Crippen LogP contribution in [-0.2, 0) is 10.0 Å². The highest BCUT2D eigenvalue weighted by Crippen LogP contribution is 2.24. The van der Waals surface area contributed by atoms with Crippen LogP contribution in [0.2, 0.25) is 0 Å². The molecule has 1 saturated heterocycles. The number of para-hydroxylation sites is 1. The maximum atomic E-state index is 13.1. The predicted octanol–water partition coefficient (Wildman–Crippen LogP) is 3.20. The second-order valence-electron chi connectivity index (χ2n) is 7.28. The fourth-order valence-electron chi connectivity index (χ4n) is 3.49. The molecular formula is C21H24BrN3O4S. The standard InChI is InChI=1S/C21H24BrN3O4S/c1-24(30(2,28)29)15-11-13-25(14-12-15)21(27)17-8-4-6-10-19(17)23-20(26)16-7-3-5-9-18(16)22/h3-10,15H,11-14H2,1-2H3,(H,23,26). The Hall–Kier alpha value is -2.23. The molecule has 2 amide bonds. The Kier molecular flexibility index (Phi) is 6.95. The van der Waals surface area contributed by atoms with Crippen molar-refractivity contribution in [2.45, 2.75) is 18.9 Å². The number of likely N-dealkylation sites (tertiary alicyclic amines) is 1. The summed E-state index contributed by atoms with van der Waals surface area (Å²) in [5, 5.41) is 2.83. The van der Waals surface area contributed by atoms with E-state index in [1.165, 1.54) is 10.6 Å². The molecule has 1 heterocycles. The first-order valence-electron chi connectivity index (χ1n) is 9.55. The van der Waals surface area contributed by atoms with Crippen LogP contribution in [0.4, 0.5) is 5.69 Å². The number of amides is 2. The smallest absolute Gasteiger partial charge is 0.256 e. The molecule has 0 saturated carbocycles. The first kappa shape index (κ1) is 22.5. The van der Waals surface area contributed by atoms with Crippen molar-refractivity contribution in [3.8, 4) is 0 Å². The molecule has 30 heavy (non-hydrogen) atoms. The van der Waals surface area contributed by atoms with Crippen LogP contribution in [0.5, 0.6) is 0 Å². The number of halogens is 1. The van der Waals surface area contributed by atoms with E-state index in [-0.39, 0.29) is 17.9 Å². The van der Waals surface area contributed by atoms with Crippen molar-refractivity contribution in [2.75, 3.05) is 31.7 Å². The molecule has 0 radical (unpaired) electrons. The lowest BCUT2D eigenvalue weighted by atomic mass is 10.0. The number of nitrogens with zero attached hydrogens (tertiary/aromatic N) is 2. The largest absolute Gasteiger partial charge is 0.338 e. The van der Waals surface area contributed by atoms with Gasteiger partial charge in [-0.1, -0.05) is 24.3 Å². The minimum Gasteiger partial charge on any atom is -0.338 e. The number of nitrogens with one attached hydrogen (secondary N) is 1. The summed E-state index contributed by atoms with van der Waals surface area (Å²) in [6.07, 6.45) is 2.33. The van der Waals surface area contributed by atoms with Crippen molar-refractivity contribution in [3.63, 3.8) is 0 Å². The number of carbonyl (C=O) groups excluding carboxylic acids is 2. The van der Waals surface area contributed by atoms with E-state index in [2.05, 4.69) is 21.2 Å². The molecule has 7 nitrogen and oxygen atoms in total. The van der Waals surface area contributed by atoms with Gasteiger partial charge in [0.15, 0.2) is 0 Å². The van der Waals surface area contributed by atoms with Gasteiger partial charge in [0.1, 0.15) is 0 Å². The van der Waals surface area contributed by atoms with Crippen LogP contribution >= 0.6 is 15.9 Å². The number of sulfonamides is 1. The molecule has 0 bridgehead atoms. The molecule has 1 N–H and O–H groups in total. The molecule has 1 aliphatic heterocycles. The van der Waals surface area contributed by atoms with E-state index in [0.29, 0.717) is 47.2 Å². The summed E-state index contributed by atoms with van der Waals surface area (Å²) in [5.41, 5.74) is 1.33. The fraction of sp³-hybridized carbons (Fsp3) is 0.333. The SMILES string of the molecule is CN(C1CCN(C(=O)c2ccccc2NC(=O)c2ccccc2Br)CC1)S(C)(=O)=O. The number of hydrogen-bond donors (Lipinski definition) is 1. The Bertz CT molecular complexity index is 1050. The Morgan fingerprint density at radius 1 is 1.03 bits per heavy atom. The van der Waals surface area contributed by atoms with E-state index in [1.54, 1.807) is 54.4 Å². The quantitative estimate of drug-likeness (QED) is 0.692. The van der Waals surface area contributed by atoms with Gasteiger partial charge in [0, 0.05) is 30.7 Å². The third-order valence-electron chi connectivity index (χ3n) is 5.31. The van der Waals surface area contributed by atoms with Crippen LogP contribution in [0.15, 0.2) is 53.0 Å². The molecule has 0 spiro atoms. The molecule has 2 aromatic carbocycles. The summed E-state index contributed by atoms with van der Waals surface area (Å²) in [4.78, 5) is 27.5. The van der Waals surface area contributed by atoms with E-state index in [1.807, 2.05) is 6.07 Å². The third kappa shape index (κ3) is 5.08. The van der Waals surface area contributed by atoms with E-state index < -0.39 is 10.0 Å². The lowest BCUT2D eigenvalue weighted by molar-refractivity contribution is 0.0687. The molecular weight excluding hydrogens is 470 g/mol. The lowest BCUT2D eigenvalue weighted by Crippen LogP contribution is -2.47. The molecule has 2 aromatic rings. The van der Waals surface area contributed by atoms with Gasteiger partial charge in [-0.3, -0.25) is 9.59 Å². The Morgan fingerprint density at radius 2 is 1.60 bits per heavy atom. The number of rotatable bonds is 5. The van der Waals surface area contributed by atoms with Crippen molar-refractivity contribution >= 4 is 43.5 Å². The van der Waals surface area contributed by atoms with Gasteiger partial charge in [-0.2, -0.15) is 0 Å². The summed E-state index contributed by atoms with van der Waals surface area (Å²) in [6.45, 7) is 0.908. The second kappa shape index (κ2) is 9.28. The normalized spacial score (nSPS) is 15.3. The van der Waals surface area contributed by atoms with E-state index in [0.717, 1.165) is 0 Å². The van der Waals surface area contributed by atoms with Crippen LogP contribution in [0.1, 0.15) is 33.6 Å². The highest BCUT2D eigenvalue weighted by Gasteiger charge is 2.30. The first-order valence-corrected chi connectivity index (χ1v) is 12.2. The predicted molar refractivity (Wildman–Crippen MR) is 120 cm³/mol. The highest BCUT2D eigenvalue weighted by molar-refractivity contribution is 9.10. The van der Waals surface area contributed by atoms with Crippen molar-refractivity contribution in [1.29, 1.82) is 0 Å². The van der Waals surface area contributed by atoms with Crippen molar-refractivity contribution in [3.05, 3.63) is 64.1 Å². The van der Waals surface area contributed by atoms with E-state index in [4.69, 9.17) is 0 Å². The van der Waals surface area contributed by atoms with E-state index in [9.17, 15) is 18.0 Å². The molecule has 1 aliphatic rings. The molecule has 3 rings (SSSR count). The Labute approximate surface area is 185 Å². The molecule has 0 atom stereocenters. The molecule has 0 unspecified atom stereocenters. The zero-order valence-corrected chi connectivity index (χ0v) is 19.2. The molecule has 0 aliphatic carbocycles. The van der Waals surface area contributed by atoms with Gasteiger partial charge in [0.25, 0.3) is 11.8 Å². The van der Waals surface area contributed by atoms with Crippen molar-refractivity contribution in [2.24, 2.45) is 0 Å². The van der Waals surface area contributed by atoms with Crippen LogP contribution in [0, 0.1) is 0 Å². The molecule has 160 valence electrons. The number of anilines is 1. The van der Waals surface area contributed by atoms with Gasteiger partial charge < -0.3 is 10.2 Å². The van der Waals surface area contributed by atoms with Crippen LogP contribution in [0.25, 0.3) is 0 Å². The van der Waals surface area contributed by atoms with Crippen LogP contribution in [-0.4, -0.2) is 61.9 Å². The molecule has 9 heteroatoms. The highest BCUT2D eigenvalue weighted by atomic mass is 79.9. The lowest BCUT2D eigenvalue weighted by Gasteiger charge is -2.35. The molecule has 0 aromatic heterocycles. The van der Waals surface area contributed by atoms with Crippen molar-refractivity contribution in [1.82, 2.24) is 9.21 Å². The average Bonchev–Trinajstić information content (AvgIpc) is 2.73. The summed E-state index contributed by atoms with van der Waals surface area (Å²) < 4.78 is 25.6. The number of piperidine rings is 1. The average molecular weight is 494 g/mol. The van der Waals surface area contributed by atoms with E-state index >= 15 is 0 Å². The zero-order valence-electron chi connectivity index (χ0n) is 16.8. The van der Waals surface area contributed by atoms with Gasteiger partial charge in [-0.15, -0.1) is 0 Å². The number of hydrogen-bond acceptors (Lipinski definition) is 4. The van der Waals surface area contributed by atoms with Crippen LogP contribution < -0.4 is 5.32 Å². The van der Waals surface area contributed by atoms with Gasteiger partial charge in [-0.05, 0) is 53.0 Å². The minimum atomic E-state index is -3.26. The zero-order chi connectivity index (χ0) is 21.9. The van der Waals surface area contributed by atoms with Gasteiger partial charge in [-0.25, -0.2) is 12.7 Å². The fourth-order valence-corrected chi connectivity index (χ4v) is 4.70. The molecule has 1 fully saturated rings. The van der Waals surface area contributed by atoms with Gasteiger partial charge in [0.2, 0.25) is 10.0 Å². The summed E-state index contributed by atoms with van der Waals surface area (Å²) >= 11 is 3.37.